The van der Waals surface area contributed by atoms with Gasteiger partial charge in [-0.25, -0.2) is 4.99 Å². The highest BCUT2D eigenvalue weighted by molar-refractivity contribution is 5.85. The number of guanidine groups is 1. The number of hydrogen-bond acceptors (Lipinski definition) is 2. The highest BCUT2D eigenvalue weighted by Gasteiger charge is 2.25. The fourth-order valence-electron chi connectivity index (χ4n) is 2.92. The van der Waals surface area contributed by atoms with E-state index in [-0.39, 0.29) is 12.5 Å². The largest absolute Gasteiger partial charge is 0.354 e. The van der Waals surface area contributed by atoms with E-state index < -0.39 is 0 Å². The summed E-state index contributed by atoms with van der Waals surface area (Å²) < 4.78 is 0. The Hall–Kier alpha value is -2.04. The van der Waals surface area contributed by atoms with Gasteiger partial charge in [0.15, 0.2) is 5.96 Å². The van der Waals surface area contributed by atoms with Crippen molar-refractivity contribution in [2.24, 2.45) is 10.9 Å². The highest BCUT2D eigenvalue weighted by Crippen LogP contribution is 2.21. The van der Waals surface area contributed by atoms with Gasteiger partial charge in [-0.2, -0.15) is 0 Å². The summed E-state index contributed by atoms with van der Waals surface area (Å²) in [4.78, 5) is 20.2. The van der Waals surface area contributed by atoms with E-state index in [1.807, 2.05) is 0 Å². The lowest BCUT2D eigenvalue weighted by molar-refractivity contribution is -0.127. The van der Waals surface area contributed by atoms with Gasteiger partial charge in [0, 0.05) is 33.2 Å². The molecule has 5 nitrogen and oxygen atoms in total. The van der Waals surface area contributed by atoms with Gasteiger partial charge in [-0.3, -0.25) is 4.79 Å². The van der Waals surface area contributed by atoms with Crippen molar-refractivity contribution in [3.05, 3.63) is 35.9 Å². The van der Waals surface area contributed by atoms with Crippen LogP contribution in [-0.2, 0) is 11.2 Å². The molecule has 1 unspecified atom stereocenters. The van der Waals surface area contributed by atoms with Crippen molar-refractivity contribution < 1.29 is 4.79 Å². The zero-order valence-electron chi connectivity index (χ0n) is 15.3. The number of aliphatic imine (C=N–C) groups is 1. The van der Waals surface area contributed by atoms with Gasteiger partial charge < -0.3 is 15.1 Å². The fraction of sp³-hybridized carbons (Fsp3) is 0.579. The molecule has 24 heavy (non-hydrogen) atoms. The molecule has 0 radical (unpaired) electrons. The van der Waals surface area contributed by atoms with Crippen molar-refractivity contribution in [2.45, 2.75) is 32.7 Å². The summed E-state index contributed by atoms with van der Waals surface area (Å²) in [6.45, 7) is 6.37. The average Bonchev–Trinajstić information content (AvgIpc) is 3.00. The number of hydrogen-bond donors (Lipinski definition) is 1. The van der Waals surface area contributed by atoms with Crippen LogP contribution < -0.4 is 5.32 Å². The molecule has 0 aliphatic carbocycles. The Morgan fingerprint density at radius 2 is 2.04 bits per heavy atom. The Morgan fingerprint density at radius 1 is 1.33 bits per heavy atom. The molecule has 0 aromatic heterocycles. The number of amides is 1. The predicted octanol–water partition coefficient (Wildman–Crippen LogP) is 1.99. The van der Waals surface area contributed by atoms with Crippen molar-refractivity contribution in [1.82, 2.24) is 15.1 Å². The zero-order valence-corrected chi connectivity index (χ0v) is 15.3. The molecular weight excluding hydrogens is 300 g/mol. The number of carbonyl (C=O) groups excluding carboxylic acids is 1. The van der Waals surface area contributed by atoms with Crippen LogP contribution in [0.1, 0.15) is 25.8 Å². The van der Waals surface area contributed by atoms with Crippen molar-refractivity contribution in [2.75, 3.05) is 33.7 Å². The molecule has 1 saturated heterocycles. The molecule has 0 saturated carbocycles. The van der Waals surface area contributed by atoms with Crippen LogP contribution in [0.15, 0.2) is 35.3 Å². The molecule has 1 atom stereocenters. The lowest BCUT2D eigenvalue weighted by atomic mass is 9.99. The van der Waals surface area contributed by atoms with Crippen molar-refractivity contribution in [3.63, 3.8) is 0 Å². The number of rotatable bonds is 5. The number of likely N-dealkylation sites (tertiary alicyclic amines) is 1. The summed E-state index contributed by atoms with van der Waals surface area (Å²) in [5, 5.41) is 3.41. The normalized spacial score (nSPS) is 18.1. The van der Waals surface area contributed by atoms with Crippen LogP contribution in [0.2, 0.25) is 0 Å². The summed E-state index contributed by atoms with van der Waals surface area (Å²) in [6.07, 6.45) is 2.26. The monoisotopic (exact) mass is 330 g/mol. The molecule has 1 heterocycles. The van der Waals surface area contributed by atoms with Crippen molar-refractivity contribution >= 4 is 11.9 Å². The molecule has 5 heteroatoms. The third-order valence-electron chi connectivity index (χ3n) is 4.23. The van der Waals surface area contributed by atoms with Crippen LogP contribution in [0, 0.1) is 5.92 Å². The second kappa shape index (κ2) is 8.71. The lowest BCUT2D eigenvalue weighted by Crippen LogP contribution is -2.44. The van der Waals surface area contributed by atoms with Gasteiger partial charge in [0.25, 0.3) is 0 Å². The Bertz CT molecular complexity index is 554. The number of nitrogens with one attached hydrogen (secondary N) is 1. The third-order valence-corrected chi connectivity index (χ3v) is 4.23. The molecule has 1 aromatic rings. The summed E-state index contributed by atoms with van der Waals surface area (Å²) in [5.74, 6) is 1.52. The van der Waals surface area contributed by atoms with Gasteiger partial charge >= 0.3 is 0 Å². The SMILES string of the molecule is CC(C)NC(=NCC(=O)N(C)C)N1CCC(Cc2ccccc2)C1. The maximum atomic E-state index is 11.8. The second-order valence-electron chi connectivity index (χ2n) is 7.02. The minimum absolute atomic E-state index is 0.0260. The van der Waals surface area contributed by atoms with Crippen LogP contribution in [0.5, 0.6) is 0 Å². The summed E-state index contributed by atoms with van der Waals surface area (Å²) >= 11 is 0. The van der Waals surface area contributed by atoms with E-state index >= 15 is 0 Å². The third kappa shape index (κ3) is 5.55. The van der Waals surface area contributed by atoms with Gasteiger partial charge in [-0.1, -0.05) is 30.3 Å². The maximum Gasteiger partial charge on any atom is 0.243 e. The molecule has 0 spiro atoms. The Balaban J connectivity index is 1.97. The fourth-order valence-corrected chi connectivity index (χ4v) is 2.92. The van der Waals surface area contributed by atoms with Crippen LogP contribution in [-0.4, -0.2) is 61.4 Å². The lowest BCUT2D eigenvalue weighted by Gasteiger charge is -2.24. The summed E-state index contributed by atoms with van der Waals surface area (Å²) in [6, 6.07) is 10.9. The maximum absolute atomic E-state index is 11.8. The van der Waals surface area contributed by atoms with Gasteiger partial charge in [-0.15, -0.1) is 0 Å². The van der Waals surface area contributed by atoms with Gasteiger partial charge in [0.1, 0.15) is 6.54 Å². The van der Waals surface area contributed by atoms with E-state index in [2.05, 4.69) is 59.4 Å². The van der Waals surface area contributed by atoms with Gasteiger partial charge in [0.05, 0.1) is 0 Å². The van der Waals surface area contributed by atoms with Crippen LogP contribution in [0.25, 0.3) is 0 Å². The van der Waals surface area contributed by atoms with Crippen LogP contribution >= 0.6 is 0 Å². The van der Waals surface area contributed by atoms with E-state index in [4.69, 9.17) is 0 Å². The first kappa shape index (κ1) is 18.3. The van der Waals surface area contributed by atoms with Gasteiger partial charge in [-0.05, 0) is 38.2 Å². The first-order valence-corrected chi connectivity index (χ1v) is 8.75. The van der Waals surface area contributed by atoms with Gasteiger partial charge in [0.2, 0.25) is 5.91 Å². The molecule has 1 amide bonds. The quantitative estimate of drug-likeness (QED) is 0.663. The summed E-state index contributed by atoms with van der Waals surface area (Å²) in [5.41, 5.74) is 1.39. The molecule has 1 aliphatic rings. The molecule has 0 bridgehead atoms. The first-order chi connectivity index (χ1) is 11.5. The molecular formula is C19H30N4O. The highest BCUT2D eigenvalue weighted by atomic mass is 16.2. The number of nitrogens with zero attached hydrogens (tertiary/aromatic N) is 3. The Morgan fingerprint density at radius 3 is 2.67 bits per heavy atom. The topological polar surface area (TPSA) is 47.9 Å². The molecule has 1 aliphatic heterocycles. The van der Waals surface area contributed by atoms with E-state index in [0.717, 1.165) is 31.9 Å². The zero-order chi connectivity index (χ0) is 17.5. The smallest absolute Gasteiger partial charge is 0.243 e. The Labute approximate surface area is 145 Å². The van der Waals surface area contributed by atoms with Crippen LogP contribution in [0.3, 0.4) is 0 Å². The molecule has 2 rings (SSSR count). The number of likely N-dealkylation sites (N-methyl/N-ethyl adjacent to an activating group) is 1. The molecule has 1 N–H and O–H groups in total. The molecule has 132 valence electrons. The van der Waals surface area contributed by atoms with Crippen molar-refractivity contribution in [1.29, 1.82) is 0 Å². The average molecular weight is 330 g/mol. The first-order valence-electron chi connectivity index (χ1n) is 8.75. The second-order valence-corrected chi connectivity index (χ2v) is 7.02. The molecule has 1 fully saturated rings. The minimum atomic E-state index is 0.0260. The van der Waals surface area contributed by atoms with E-state index in [9.17, 15) is 4.79 Å². The number of carbonyl (C=O) groups is 1. The molecule has 1 aromatic carbocycles. The predicted molar refractivity (Wildman–Crippen MR) is 99.1 cm³/mol. The van der Waals surface area contributed by atoms with Crippen LogP contribution in [0.4, 0.5) is 0 Å². The van der Waals surface area contributed by atoms with E-state index in [1.165, 1.54) is 5.56 Å². The van der Waals surface area contributed by atoms with Crippen molar-refractivity contribution in [3.8, 4) is 0 Å². The van der Waals surface area contributed by atoms with E-state index in [0.29, 0.717) is 12.0 Å². The standard InChI is InChI=1S/C19H30N4O/c1-15(2)21-19(20-13-18(24)22(3)4)23-11-10-17(14-23)12-16-8-6-5-7-9-16/h5-9,15,17H,10-14H2,1-4H3,(H,20,21). The Kier molecular flexibility index (Phi) is 6.64. The summed E-state index contributed by atoms with van der Waals surface area (Å²) in [7, 11) is 3.53. The van der Waals surface area contributed by atoms with E-state index in [1.54, 1.807) is 19.0 Å². The minimum Gasteiger partial charge on any atom is -0.354 e. The number of benzene rings is 1.